The van der Waals surface area contributed by atoms with Crippen molar-refractivity contribution in [1.82, 2.24) is 5.32 Å². The minimum Gasteiger partial charge on any atom is -0.493 e. The molecule has 0 unspecified atom stereocenters. The second-order valence-corrected chi connectivity index (χ2v) is 7.18. The number of ether oxygens (including phenoxy) is 6. The van der Waals surface area contributed by atoms with Gasteiger partial charge in [0.15, 0.2) is 28.8 Å². The summed E-state index contributed by atoms with van der Waals surface area (Å²) >= 11 is 0. The van der Waals surface area contributed by atoms with Crippen molar-refractivity contribution in [2.75, 3.05) is 48.3 Å². The summed E-state index contributed by atoms with van der Waals surface area (Å²) in [6.45, 7) is 2.61. The second kappa shape index (κ2) is 12.3. The summed E-state index contributed by atoms with van der Waals surface area (Å²) in [5.74, 6) is 0.996. The molecule has 34 heavy (non-hydrogen) atoms. The van der Waals surface area contributed by atoms with Gasteiger partial charge in [0.2, 0.25) is 12.5 Å². The third-order valence-electron chi connectivity index (χ3n) is 5.33. The highest BCUT2D eigenvalue weighted by Gasteiger charge is 2.30. The Morgan fingerprint density at radius 1 is 1.06 bits per heavy atom. The second-order valence-electron chi connectivity index (χ2n) is 7.18. The van der Waals surface area contributed by atoms with Gasteiger partial charge in [-0.1, -0.05) is 0 Å². The van der Waals surface area contributed by atoms with E-state index in [1.807, 2.05) is 13.1 Å². The van der Waals surface area contributed by atoms with Gasteiger partial charge in [-0.2, -0.15) is 0 Å². The average molecular weight is 496 g/mol. The van der Waals surface area contributed by atoms with Gasteiger partial charge in [-0.05, 0) is 50.7 Å². The first-order valence-electron chi connectivity index (χ1n) is 10.6. The SMILES string of the molecule is CCOC(=O)c1c(C(=O)Cc2c(CCNC)cc3c(c2OC)OCO3)ccc(OC)c1OC.Cl. The summed E-state index contributed by atoms with van der Waals surface area (Å²) in [4.78, 5) is 26.3. The van der Waals surface area contributed by atoms with Gasteiger partial charge >= 0.3 is 5.97 Å². The number of carbonyl (C=O) groups excluding carboxylic acids is 2. The third-order valence-corrected chi connectivity index (χ3v) is 5.33. The highest BCUT2D eigenvalue weighted by atomic mass is 35.5. The fourth-order valence-corrected chi connectivity index (χ4v) is 3.81. The van der Waals surface area contributed by atoms with E-state index in [1.54, 1.807) is 19.1 Å². The van der Waals surface area contributed by atoms with E-state index in [1.165, 1.54) is 21.3 Å². The van der Waals surface area contributed by atoms with E-state index < -0.39 is 5.97 Å². The minimum absolute atomic E-state index is 0. The maximum absolute atomic E-state index is 13.6. The number of fused-ring (bicyclic) bond motifs is 1. The highest BCUT2D eigenvalue weighted by molar-refractivity contribution is 6.09. The maximum atomic E-state index is 13.6. The Kier molecular flexibility index (Phi) is 9.83. The predicted octanol–water partition coefficient (Wildman–Crippen LogP) is 3.23. The molecule has 0 aliphatic carbocycles. The molecule has 1 aliphatic heterocycles. The van der Waals surface area contributed by atoms with E-state index in [0.717, 1.165) is 5.56 Å². The van der Waals surface area contributed by atoms with Crippen LogP contribution in [0.5, 0.6) is 28.7 Å². The molecule has 0 amide bonds. The Labute approximate surface area is 205 Å². The molecule has 2 aromatic carbocycles. The van der Waals surface area contributed by atoms with Gasteiger partial charge in [0.25, 0.3) is 0 Å². The van der Waals surface area contributed by atoms with Crippen LogP contribution in [0.2, 0.25) is 0 Å². The van der Waals surface area contributed by atoms with Crippen LogP contribution in [-0.4, -0.2) is 60.1 Å². The van der Waals surface area contributed by atoms with Gasteiger partial charge < -0.3 is 33.7 Å². The largest absolute Gasteiger partial charge is 0.493 e. The number of carbonyl (C=O) groups is 2. The fraction of sp³-hybridized carbons (Fsp3) is 0.417. The highest BCUT2D eigenvalue weighted by Crippen LogP contribution is 2.46. The zero-order valence-electron chi connectivity index (χ0n) is 19.9. The molecule has 1 N–H and O–H groups in total. The van der Waals surface area contributed by atoms with Gasteiger partial charge in [-0.15, -0.1) is 12.4 Å². The molecule has 0 aromatic heterocycles. The molecular weight excluding hydrogens is 466 g/mol. The Bertz CT molecular complexity index is 1040. The number of ketones is 1. The topological polar surface area (TPSA) is 102 Å². The molecule has 186 valence electrons. The number of rotatable bonds is 11. The Morgan fingerprint density at radius 2 is 1.79 bits per heavy atom. The first-order chi connectivity index (χ1) is 16.0. The molecule has 10 heteroatoms. The fourth-order valence-electron chi connectivity index (χ4n) is 3.81. The monoisotopic (exact) mass is 495 g/mol. The van der Waals surface area contributed by atoms with Crippen molar-refractivity contribution in [2.24, 2.45) is 0 Å². The molecule has 0 atom stereocenters. The summed E-state index contributed by atoms with van der Waals surface area (Å²) < 4.78 is 32.7. The number of hydrogen-bond donors (Lipinski definition) is 1. The molecule has 0 radical (unpaired) electrons. The van der Waals surface area contributed by atoms with Gasteiger partial charge in [-0.3, -0.25) is 4.79 Å². The summed E-state index contributed by atoms with van der Waals surface area (Å²) in [5, 5.41) is 3.11. The van der Waals surface area contributed by atoms with Crippen molar-refractivity contribution in [3.8, 4) is 28.7 Å². The minimum atomic E-state index is -0.662. The van der Waals surface area contributed by atoms with Gasteiger partial charge in [-0.25, -0.2) is 4.79 Å². The van der Waals surface area contributed by atoms with E-state index in [2.05, 4.69) is 5.32 Å². The van der Waals surface area contributed by atoms with Crippen LogP contribution < -0.4 is 29.0 Å². The van der Waals surface area contributed by atoms with Crippen molar-refractivity contribution < 1.29 is 38.0 Å². The predicted molar refractivity (Wildman–Crippen MR) is 128 cm³/mol. The lowest BCUT2D eigenvalue weighted by atomic mass is 9.92. The Hall–Kier alpha value is -3.17. The summed E-state index contributed by atoms with van der Waals surface area (Å²) in [6.07, 6.45) is 0.615. The molecule has 2 aromatic rings. The van der Waals surface area contributed by atoms with Gasteiger partial charge in [0, 0.05) is 17.5 Å². The maximum Gasteiger partial charge on any atom is 0.342 e. The zero-order chi connectivity index (χ0) is 24.0. The number of methoxy groups -OCH3 is 3. The first-order valence-corrected chi connectivity index (χ1v) is 10.6. The summed E-state index contributed by atoms with van der Waals surface area (Å²) in [6, 6.07) is 5.00. The lowest BCUT2D eigenvalue weighted by Gasteiger charge is -2.18. The van der Waals surface area contributed by atoms with Crippen LogP contribution >= 0.6 is 12.4 Å². The number of halogens is 1. The normalized spacial score (nSPS) is 11.4. The molecule has 0 saturated carbocycles. The van der Waals surface area contributed by atoms with Crippen LogP contribution in [0.1, 0.15) is 38.8 Å². The van der Waals surface area contributed by atoms with Crippen LogP contribution in [0.3, 0.4) is 0 Å². The quantitative estimate of drug-likeness (QED) is 0.372. The number of Topliss-reactive ketones (excluding diaryl/α,β-unsaturated/α-hetero) is 1. The number of esters is 1. The number of likely N-dealkylation sites (N-methyl/N-ethyl adjacent to an activating group) is 1. The van der Waals surface area contributed by atoms with E-state index in [-0.39, 0.29) is 54.9 Å². The van der Waals surface area contributed by atoms with Crippen LogP contribution in [-0.2, 0) is 17.6 Å². The third kappa shape index (κ3) is 5.31. The molecule has 1 heterocycles. The van der Waals surface area contributed by atoms with Gasteiger partial charge in [0.1, 0.15) is 5.56 Å². The zero-order valence-corrected chi connectivity index (χ0v) is 20.8. The number of hydrogen-bond acceptors (Lipinski definition) is 9. The molecule has 0 spiro atoms. The van der Waals surface area contributed by atoms with Crippen molar-refractivity contribution in [2.45, 2.75) is 19.8 Å². The summed E-state index contributed by atoms with van der Waals surface area (Å²) in [7, 11) is 6.24. The lowest BCUT2D eigenvalue weighted by Crippen LogP contribution is -2.17. The number of nitrogens with one attached hydrogen (secondary N) is 1. The average Bonchev–Trinajstić information content (AvgIpc) is 3.29. The molecule has 3 rings (SSSR count). The van der Waals surface area contributed by atoms with E-state index >= 15 is 0 Å². The van der Waals surface area contributed by atoms with E-state index in [0.29, 0.717) is 41.5 Å². The van der Waals surface area contributed by atoms with Crippen molar-refractivity contribution in [3.05, 3.63) is 40.5 Å². The molecule has 9 nitrogen and oxygen atoms in total. The lowest BCUT2D eigenvalue weighted by molar-refractivity contribution is 0.0518. The van der Waals surface area contributed by atoms with Crippen LogP contribution in [0.4, 0.5) is 0 Å². The van der Waals surface area contributed by atoms with Crippen molar-refractivity contribution >= 4 is 24.2 Å². The van der Waals surface area contributed by atoms with Crippen molar-refractivity contribution in [1.29, 1.82) is 0 Å². The number of benzene rings is 2. The smallest absolute Gasteiger partial charge is 0.342 e. The van der Waals surface area contributed by atoms with Gasteiger partial charge in [0.05, 0.1) is 27.9 Å². The molecule has 1 aliphatic rings. The Balaban J connectivity index is 0.00000408. The van der Waals surface area contributed by atoms with E-state index in [4.69, 9.17) is 28.4 Å². The molecular formula is C24H30ClNO8. The van der Waals surface area contributed by atoms with Crippen molar-refractivity contribution in [3.63, 3.8) is 0 Å². The summed E-state index contributed by atoms with van der Waals surface area (Å²) in [5.41, 5.74) is 1.76. The Morgan fingerprint density at radius 3 is 2.41 bits per heavy atom. The van der Waals surface area contributed by atoms with E-state index in [9.17, 15) is 9.59 Å². The van der Waals surface area contributed by atoms with Crippen LogP contribution in [0, 0.1) is 0 Å². The first kappa shape index (κ1) is 27.1. The van der Waals surface area contributed by atoms with Crippen LogP contribution in [0.15, 0.2) is 18.2 Å². The standard InChI is InChI=1S/C24H29NO8.ClH/c1-6-31-24(27)20-15(7-8-18(28-3)22(20)30-5)17(26)12-16-14(9-10-25-2)11-19-23(21(16)29-4)33-13-32-19;/h7-8,11,25H,6,9-10,12-13H2,1-5H3;1H. The molecule has 0 fully saturated rings. The van der Waals surface area contributed by atoms with Crippen LogP contribution in [0.25, 0.3) is 0 Å². The molecule has 0 bridgehead atoms. The molecule has 0 saturated heterocycles.